The molecule has 0 aliphatic rings. The lowest BCUT2D eigenvalue weighted by Gasteiger charge is -2.24. The van der Waals surface area contributed by atoms with E-state index in [2.05, 4.69) is 108 Å². The van der Waals surface area contributed by atoms with Crippen LogP contribution < -0.4 is 48.0 Å². The predicted molar refractivity (Wildman–Crippen MR) is 115 cm³/mol. The topological polar surface area (TPSA) is 15.8 Å². The van der Waals surface area contributed by atoms with Gasteiger partial charge in [0.15, 0.2) is 0 Å². The molecular formula is C24H33I2N3. The molecule has 1 aromatic heterocycles. The summed E-state index contributed by atoms with van der Waals surface area (Å²) in [6.07, 6.45) is 0. The zero-order valence-corrected chi connectivity index (χ0v) is 22.7. The third kappa shape index (κ3) is 7.08. The molecule has 0 aliphatic heterocycles. The number of halogens is 2. The molecule has 3 aromatic rings. The Kier molecular flexibility index (Phi) is 9.39. The number of aromatic nitrogens is 1. The highest BCUT2D eigenvalue weighted by molar-refractivity contribution is 5.87. The number of nitrogens with zero attached hydrogens (tertiary/aromatic N) is 2. The van der Waals surface area contributed by atoms with Crippen LogP contribution in [-0.4, -0.2) is 56.2 Å². The van der Waals surface area contributed by atoms with E-state index in [1.54, 1.807) is 0 Å². The van der Waals surface area contributed by atoms with Gasteiger partial charge in [0.2, 0.25) is 0 Å². The highest BCUT2D eigenvalue weighted by Crippen LogP contribution is 2.39. The van der Waals surface area contributed by atoms with Crippen LogP contribution in [-0.2, 0) is 13.1 Å². The fourth-order valence-corrected chi connectivity index (χ4v) is 3.64. The van der Waals surface area contributed by atoms with Gasteiger partial charge in [0.1, 0.15) is 13.1 Å². The van der Waals surface area contributed by atoms with Crippen LogP contribution in [0.25, 0.3) is 22.3 Å². The number of quaternary nitrogens is 2. The smallest absolute Gasteiger partial charge is 0.119 e. The molecule has 0 atom stereocenters. The van der Waals surface area contributed by atoms with Crippen LogP contribution in [0.5, 0.6) is 0 Å². The molecule has 0 unspecified atom stereocenters. The van der Waals surface area contributed by atoms with E-state index in [9.17, 15) is 0 Å². The first kappa shape index (κ1) is 26.1. The molecule has 3 rings (SSSR count). The van der Waals surface area contributed by atoms with Crippen molar-refractivity contribution in [1.29, 1.82) is 0 Å². The molecule has 0 fully saturated rings. The van der Waals surface area contributed by atoms with Gasteiger partial charge in [-0.05, 0) is 11.1 Å². The summed E-state index contributed by atoms with van der Waals surface area (Å²) in [6, 6.07) is 21.6. The fourth-order valence-electron chi connectivity index (χ4n) is 3.64. The van der Waals surface area contributed by atoms with Crippen molar-refractivity contribution in [3.63, 3.8) is 0 Å². The molecule has 1 N–H and O–H groups in total. The Morgan fingerprint density at radius 3 is 1.14 bits per heavy atom. The van der Waals surface area contributed by atoms with Gasteiger partial charge < -0.3 is 61.9 Å². The molecule has 5 heteroatoms. The summed E-state index contributed by atoms with van der Waals surface area (Å²) in [5.74, 6) is 0. The van der Waals surface area contributed by atoms with E-state index >= 15 is 0 Å². The van der Waals surface area contributed by atoms with Crippen LogP contribution in [0.3, 0.4) is 0 Å². The molecule has 3 nitrogen and oxygen atoms in total. The first-order valence-electron chi connectivity index (χ1n) is 9.59. The van der Waals surface area contributed by atoms with E-state index in [1.807, 2.05) is 0 Å². The maximum absolute atomic E-state index is 3.83. The SMILES string of the molecule is C[N+](C)(C)Cc1[nH]c(C[N+](C)(C)C)c(-c2ccccc2)c1-c1ccccc1.[I-].[I-]. The maximum Gasteiger partial charge on any atom is 0.119 e. The molecule has 0 saturated heterocycles. The van der Waals surface area contributed by atoms with Crippen molar-refractivity contribution in [2.45, 2.75) is 13.1 Å². The summed E-state index contributed by atoms with van der Waals surface area (Å²) < 4.78 is 1.77. The van der Waals surface area contributed by atoms with Crippen LogP contribution in [0.4, 0.5) is 0 Å². The Hall–Kier alpha value is -0.900. The molecule has 0 aliphatic carbocycles. The first-order chi connectivity index (χ1) is 12.6. The first-order valence-corrected chi connectivity index (χ1v) is 9.59. The Balaban J connectivity index is 0.00000210. The van der Waals surface area contributed by atoms with Gasteiger partial charge in [-0.3, -0.25) is 0 Å². The maximum atomic E-state index is 3.83. The minimum Gasteiger partial charge on any atom is -1.00 e. The molecule has 158 valence electrons. The Labute approximate surface area is 210 Å². The summed E-state index contributed by atoms with van der Waals surface area (Å²) in [6.45, 7) is 1.92. The summed E-state index contributed by atoms with van der Waals surface area (Å²) in [5, 5.41) is 0. The third-order valence-corrected chi connectivity index (χ3v) is 4.55. The second kappa shape index (κ2) is 10.4. The van der Waals surface area contributed by atoms with E-state index in [0.717, 1.165) is 22.1 Å². The van der Waals surface area contributed by atoms with E-state index in [1.165, 1.54) is 33.6 Å². The zero-order valence-electron chi connectivity index (χ0n) is 18.3. The highest BCUT2D eigenvalue weighted by atomic mass is 127. The monoisotopic (exact) mass is 617 g/mol. The third-order valence-electron chi connectivity index (χ3n) is 4.55. The van der Waals surface area contributed by atoms with E-state index in [0.29, 0.717) is 0 Å². The fraction of sp³-hybridized carbons (Fsp3) is 0.333. The van der Waals surface area contributed by atoms with Gasteiger partial charge >= 0.3 is 0 Å². The quantitative estimate of drug-likeness (QED) is 0.264. The predicted octanol–water partition coefficient (Wildman–Crippen LogP) is -1.23. The number of H-pyrrole nitrogens is 1. The summed E-state index contributed by atoms with van der Waals surface area (Å²) in [7, 11) is 13.5. The van der Waals surface area contributed by atoms with Crippen molar-refractivity contribution < 1.29 is 56.9 Å². The van der Waals surface area contributed by atoms with Crippen molar-refractivity contribution in [2.75, 3.05) is 42.3 Å². The van der Waals surface area contributed by atoms with Crippen LogP contribution in [0.2, 0.25) is 0 Å². The standard InChI is InChI=1S/C24H33N3.2HI/c1-26(2,3)17-21-23(19-13-9-7-10-14-19)24(20-15-11-8-12-16-20)22(25-21)18-27(4,5)6;;/h7-16,25H,17-18H2,1-6H3;2*1H/q+2;;/p-2. The number of aromatic amines is 1. The van der Waals surface area contributed by atoms with Crippen molar-refractivity contribution in [3.8, 4) is 22.3 Å². The van der Waals surface area contributed by atoms with Crippen molar-refractivity contribution in [1.82, 2.24) is 4.98 Å². The molecule has 2 aromatic carbocycles. The minimum absolute atomic E-state index is 0. The van der Waals surface area contributed by atoms with Gasteiger partial charge in [-0.15, -0.1) is 0 Å². The van der Waals surface area contributed by atoms with Crippen LogP contribution in [0.15, 0.2) is 60.7 Å². The number of nitrogens with one attached hydrogen (secondary N) is 1. The zero-order chi connectivity index (χ0) is 19.7. The highest BCUT2D eigenvalue weighted by Gasteiger charge is 2.26. The lowest BCUT2D eigenvalue weighted by Crippen LogP contribution is -3.00. The molecular weight excluding hydrogens is 584 g/mol. The van der Waals surface area contributed by atoms with Gasteiger partial charge in [0.05, 0.1) is 53.7 Å². The molecule has 0 amide bonds. The Bertz CT molecular complexity index is 816. The average molecular weight is 617 g/mol. The molecule has 0 spiro atoms. The second-order valence-corrected chi connectivity index (χ2v) is 9.46. The largest absolute Gasteiger partial charge is 1.00 e. The minimum atomic E-state index is 0. The molecule has 0 saturated carbocycles. The lowest BCUT2D eigenvalue weighted by atomic mass is 9.94. The van der Waals surface area contributed by atoms with Gasteiger partial charge in [-0.25, -0.2) is 0 Å². The van der Waals surface area contributed by atoms with Crippen LogP contribution in [0.1, 0.15) is 11.4 Å². The summed E-state index contributed by atoms with van der Waals surface area (Å²) in [4.78, 5) is 3.83. The van der Waals surface area contributed by atoms with E-state index in [4.69, 9.17) is 0 Å². The molecule has 29 heavy (non-hydrogen) atoms. The van der Waals surface area contributed by atoms with Crippen molar-refractivity contribution >= 4 is 0 Å². The van der Waals surface area contributed by atoms with Gasteiger partial charge in [0, 0.05) is 11.1 Å². The van der Waals surface area contributed by atoms with E-state index < -0.39 is 0 Å². The van der Waals surface area contributed by atoms with Gasteiger partial charge in [0.25, 0.3) is 0 Å². The van der Waals surface area contributed by atoms with Crippen molar-refractivity contribution in [2.24, 2.45) is 0 Å². The van der Waals surface area contributed by atoms with Crippen LogP contribution in [0, 0.1) is 0 Å². The van der Waals surface area contributed by atoms with Crippen molar-refractivity contribution in [3.05, 3.63) is 72.1 Å². The van der Waals surface area contributed by atoms with E-state index in [-0.39, 0.29) is 48.0 Å². The summed E-state index contributed by atoms with van der Waals surface area (Å²) in [5.41, 5.74) is 7.89. The number of hydrogen-bond acceptors (Lipinski definition) is 0. The van der Waals surface area contributed by atoms with Gasteiger partial charge in [-0.2, -0.15) is 0 Å². The second-order valence-electron chi connectivity index (χ2n) is 9.46. The summed E-state index contributed by atoms with van der Waals surface area (Å²) >= 11 is 0. The molecule has 0 bridgehead atoms. The van der Waals surface area contributed by atoms with Gasteiger partial charge in [-0.1, -0.05) is 60.7 Å². The Morgan fingerprint density at radius 1 is 0.552 bits per heavy atom. The average Bonchev–Trinajstić information content (AvgIpc) is 2.90. The number of hydrogen-bond donors (Lipinski definition) is 1. The Morgan fingerprint density at radius 2 is 0.862 bits per heavy atom. The normalized spacial score (nSPS) is 11.5. The molecule has 0 radical (unpaired) electrons. The molecule has 1 heterocycles. The lowest BCUT2D eigenvalue weighted by molar-refractivity contribution is -0.885. The number of benzene rings is 2. The van der Waals surface area contributed by atoms with Crippen LogP contribution >= 0.6 is 0 Å². The number of rotatable bonds is 6.